The zero-order valence-corrected chi connectivity index (χ0v) is 12.8. The maximum absolute atomic E-state index is 6.02. The maximum atomic E-state index is 6.02. The van der Waals surface area contributed by atoms with E-state index in [4.69, 9.17) is 16.1 Å². The summed E-state index contributed by atoms with van der Waals surface area (Å²) >= 11 is 6.02. The molecule has 0 aliphatic carbocycles. The molecule has 2 rings (SSSR count). The maximum Gasteiger partial charge on any atom is 0.228 e. The van der Waals surface area contributed by atoms with Crippen LogP contribution in [0.3, 0.4) is 0 Å². The number of halogens is 1. The Hall–Kier alpha value is -1.69. The fourth-order valence-electron chi connectivity index (χ4n) is 1.58. The van der Waals surface area contributed by atoms with E-state index in [1.54, 1.807) is 13.0 Å². The molecule has 7 heteroatoms. The molecule has 0 spiro atoms. The minimum atomic E-state index is -0.148. The first kappa shape index (κ1) is 14.7. The van der Waals surface area contributed by atoms with Crippen LogP contribution in [0.5, 0.6) is 0 Å². The van der Waals surface area contributed by atoms with Gasteiger partial charge in [-0.15, -0.1) is 0 Å². The summed E-state index contributed by atoms with van der Waals surface area (Å²) in [6.45, 7) is 8.57. The van der Waals surface area contributed by atoms with E-state index in [2.05, 4.69) is 25.4 Å². The van der Waals surface area contributed by atoms with Crippen LogP contribution in [0.25, 0.3) is 0 Å². The van der Waals surface area contributed by atoms with Gasteiger partial charge >= 0.3 is 0 Å². The molecule has 0 bridgehead atoms. The molecular formula is C13H18ClN5O. The Morgan fingerprint density at radius 3 is 2.60 bits per heavy atom. The van der Waals surface area contributed by atoms with Crippen molar-refractivity contribution in [1.29, 1.82) is 0 Å². The molecule has 20 heavy (non-hydrogen) atoms. The molecular weight excluding hydrogens is 278 g/mol. The van der Waals surface area contributed by atoms with Gasteiger partial charge in [-0.05, 0) is 6.92 Å². The lowest BCUT2D eigenvalue weighted by molar-refractivity contribution is 0.377. The van der Waals surface area contributed by atoms with Crippen molar-refractivity contribution >= 4 is 17.4 Å². The molecule has 0 aromatic carbocycles. The van der Waals surface area contributed by atoms with Crippen molar-refractivity contribution in [1.82, 2.24) is 20.1 Å². The number of hydrogen-bond acceptors (Lipinski definition) is 6. The molecule has 6 nitrogen and oxygen atoms in total. The second-order valence-electron chi connectivity index (χ2n) is 5.56. The molecule has 0 atom stereocenters. The summed E-state index contributed by atoms with van der Waals surface area (Å²) in [7, 11) is 0. The van der Waals surface area contributed by atoms with Gasteiger partial charge in [0.15, 0.2) is 5.82 Å². The minimum Gasteiger partial charge on any atom is -0.369 e. The second-order valence-corrected chi connectivity index (χ2v) is 5.95. The monoisotopic (exact) mass is 295 g/mol. The minimum absolute atomic E-state index is 0.148. The third-order valence-corrected chi connectivity index (χ3v) is 2.77. The number of anilines is 1. The zero-order chi connectivity index (χ0) is 14.8. The highest BCUT2D eigenvalue weighted by atomic mass is 35.5. The van der Waals surface area contributed by atoms with E-state index in [1.165, 1.54) is 0 Å². The number of aromatic nitrogens is 4. The first-order valence-corrected chi connectivity index (χ1v) is 6.80. The summed E-state index contributed by atoms with van der Waals surface area (Å²) in [6.07, 6.45) is 0.632. The summed E-state index contributed by atoms with van der Waals surface area (Å²) in [4.78, 5) is 12.9. The number of nitrogens with one attached hydrogen (secondary N) is 1. The van der Waals surface area contributed by atoms with Crippen LogP contribution in [0.2, 0.25) is 5.15 Å². The smallest absolute Gasteiger partial charge is 0.228 e. The molecule has 108 valence electrons. The van der Waals surface area contributed by atoms with Crippen LogP contribution in [0.4, 0.5) is 5.82 Å². The molecule has 2 heterocycles. The Balaban J connectivity index is 2.00. The van der Waals surface area contributed by atoms with Crippen LogP contribution < -0.4 is 5.32 Å². The number of rotatable bonds is 4. The van der Waals surface area contributed by atoms with E-state index in [0.717, 1.165) is 0 Å². The quantitative estimate of drug-likeness (QED) is 0.874. The van der Waals surface area contributed by atoms with E-state index >= 15 is 0 Å². The molecule has 0 saturated heterocycles. The fraction of sp³-hybridized carbons (Fsp3) is 0.538. The largest absolute Gasteiger partial charge is 0.369 e. The van der Waals surface area contributed by atoms with Gasteiger partial charge in [0.2, 0.25) is 5.89 Å². The zero-order valence-electron chi connectivity index (χ0n) is 12.1. The SMILES string of the molecule is Cc1noc(CCNc2cc(Cl)nc(C(C)(C)C)n2)n1. The summed E-state index contributed by atoms with van der Waals surface area (Å²) in [5.74, 6) is 2.65. The molecule has 0 saturated carbocycles. The molecule has 2 aromatic rings. The van der Waals surface area contributed by atoms with Gasteiger partial charge in [-0.2, -0.15) is 4.98 Å². The molecule has 0 aliphatic rings. The summed E-state index contributed by atoms with van der Waals surface area (Å²) < 4.78 is 5.04. The van der Waals surface area contributed by atoms with Gasteiger partial charge in [-0.25, -0.2) is 9.97 Å². The van der Waals surface area contributed by atoms with Crippen molar-refractivity contribution < 1.29 is 4.52 Å². The van der Waals surface area contributed by atoms with E-state index in [0.29, 0.717) is 41.5 Å². The Morgan fingerprint density at radius 1 is 1.25 bits per heavy atom. The van der Waals surface area contributed by atoms with Crippen LogP contribution in [-0.4, -0.2) is 26.7 Å². The van der Waals surface area contributed by atoms with Crippen LogP contribution in [0, 0.1) is 6.92 Å². The normalized spacial score (nSPS) is 11.7. The molecule has 1 N–H and O–H groups in total. The summed E-state index contributed by atoms with van der Waals surface area (Å²) in [5.41, 5.74) is -0.148. The second kappa shape index (κ2) is 5.75. The first-order chi connectivity index (χ1) is 9.34. The van der Waals surface area contributed by atoms with Crippen molar-refractivity contribution in [2.24, 2.45) is 0 Å². The Kier molecular flexibility index (Phi) is 4.23. The lowest BCUT2D eigenvalue weighted by atomic mass is 9.96. The van der Waals surface area contributed by atoms with Gasteiger partial charge in [0.25, 0.3) is 0 Å². The molecule has 0 amide bonds. The highest BCUT2D eigenvalue weighted by molar-refractivity contribution is 6.29. The molecule has 0 fully saturated rings. The lowest BCUT2D eigenvalue weighted by Gasteiger charge is -2.17. The number of hydrogen-bond donors (Lipinski definition) is 1. The molecule has 0 radical (unpaired) electrons. The fourth-order valence-corrected chi connectivity index (χ4v) is 1.77. The predicted octanol–water partition coefficient (Wildman–Crippen LogP) is 2.77. The van der Waals surface area contributed by atoms with Crippen LogP contribution in [0.1, 0.15) is 38.3 Å². The van der Waals surface area contributed by atoms with E-state index in [1.807, 2.05) is 20.8 Å². The summed E-state index contributed by atoms with van der Waals surface area (Å²) in [6, 6.07) is 1.70. The van der Waals surface area contributed by atoms with E-state index < -0.39 is 0 Å². The van der Waals surface area contributed by atoms with Crippen LogP contribution in [0.15, 0.2) is 10.6 Å². The van der Waals surface area contributed by atoms with Crippen molar-refractivity contribution in [3.8, 4) is 0 Å². The average molecular weight is 296 g/mol. The van der Waals surface area contributed by atoms with Gasteiger partial charge in [0.1, 0.15) is 16.8 Å². The summed E-state index contributed by atoms with van der Waals surface area (Å²) in [5, 5.41) is 7.37. The van der Waals surface area contributed by atoms with Crippen molar-refractivity contribution in [3.63, 3.8) is 0 Å². The van der Waals surface area contributed by atoms with Crippen molar-refractivity contribution in [2.45, 2.75) is 39.5 Å². The number of aryl methyl sites for hydroxylation is 1. The average Bonchev–Trinajstić information content (AvgIpc) is 2.73. The number of nitrogens with zero attached hydrogens (tertiary/aromatic N) is 4. The van der Waals surface area contributed by atoms with Gasteiger partial charge in [0, 0.05) is 24.4 Å². The van der Waals surface area contributed by atoms with Gasteiger partial charge in [-0.1, -0.05) is 37.5 Å². The molecule has 0 unspecified atom stereocenters. The molecule has 2 aromatic heterocycles. The van der Waals surface area contributed by atoms with Gasteiger partial charge in [0.05, 0.1) is 0 Å². The lowest BCUT2D eigenvalue weighted by Crippen LogP contribution is -2.17. The topological polar surface area (TPSA) is 76.7 Å². The van der Waals surface area contributed by atoms with Crippen molar-refractivity contribution in [3.05, 3.63) is 28.8 Å². The van der Waals surface area contributed by atoms with Gasteiger partial charge in [-0.3, -0.25) is 0 Å². The van der Waals surface area contributed by atoms with E-state index in [-0.39, 0.29) is 5.41 Å². The van der Waals surface area contributed by atoms with Gasteiger partial charge < -0.3 is 9.84 Å². The van der Waals surface area contributed by atoms with Crippen LogP contribution in [-0.2, 0) is 11.8 Å². The third-order valence-electron chi connectivity index (χ3n) is 2.58. The highest BCUT2D eigenvalue weighted by Gasteiger charge is 2.18. The highest BCUT2D eigenvalue weighted by Crippen LogP contribution is 2.22. The van der Waals surface area contributed by atoms with E-state index in [9.17, 15) is 0 Å². The first-order valence-electron chi connectivity index (χ1n) is 6.43. The third kappa shape index (κ3) is 3.90. The predicted molar refractivity (Wildman–Crippen MR) is 77.0 cm³/mol. The van der Waals surface area contributed by atoms with Crippen molar-refractivity contribution in [2.75, 3.05) is 11.9 Å². The Labute approximate surface area is 123 Å². The Morgan fingerprint density at radius 2 is 2.00 bits per heavy atom. The standard InChI is InChI=1S/C13H18ClN5O/c1-8-16-11(20-19-8)5-6-15-10-7-9(14)17-12(18-10)13(2,3)4/h7H,5-6H2,1-4H3,(H,15,17,18). The van der Waals surface area contributed by atoms with Crippen LogP contribution >= 0.6 is 11.6 Å². The molecule has 0 aliphatic heterocycles. The Bertz CT molecular complexity index is 591.